The summed E-state index contributed by atoms with van der Waals surface area (Å²) in [4.78, 5) is 22.7. The van der Waals surface area contributed by atoms with Gasteiger partial charge in [-0.25, -0.2) is 4.79 Å². The van der Waals surface area contributed by atoms with E-state index in [2.05, 4.69) is 0 Å². The fourth-order valence-electron chi connectivity index (χ4n) is 2.08. The van der Waals surface area contributed by atoms with E-state index in [9.17, 15) is 9.59 Å². The van der Waals surface area contributed by atoms with Crippen LogP contribution >= 0.6 is 0 Å². The molecule has 0 saturated carbocycles. The molecule has 0 bridgehead atoms. The highest BCUT2D eigenvalue weighted by Crippen LogP contribution is 2.31. The van der Waals surface area contributed by atoms with Crippen LogP contribution in [-0.2, 0) is 20.9 Å². The first-order valence-corrected chi connectivity index (χ1v) is 7.01. The van der Waals surface area contributed by atoms with Crippen molar-refractivity contribution in [3.63, 3.8) is 0 Å². The van der Waals surface area contributed by atoms with Crippen molar-refractivity contribution < 1.29 is 19.4 Å². The number of aliphatic carboxylic acids is 1. The largest absolute Gasteiger partial charge is 0.478 e. The molecule has 0 amide bonds. The zero-order valence-corrected chi connectivity index (χ0v) is 12.4. The summed E-state index contributed by atoms with van der Waals surface area (Å²) in [6, 6.07) is 9.51. The van der Waals surface area contributed by atoms with Crippen LogP contribution in [0.1, 0.15) is 18.9 Å². The number of carboxylic acid groups (broad SMARTS) is 1. The van der Waals surface area contributed by atoms with Gasteiger partial charge in [0, 0.05) is 6.08 Å². The van der Waals surface area contributed by atoms with Gasteiger partial charge in [-0.05, 0) is 30.6 Å². The number of carbonyl (C=O) groups excluding carboxylic acids is 1. The normalized spacial score (nSPS) is 20.7. The van der Waals surface area contributed by atoms with Crippen molar-refractivity contribution in [2.45, 2.75) is 20.0 Å². The minimum absolute atomic E-state index is 0.249. The van der Waals surface area contributed by atoms with Crippen LogP contribution < -0.4 is 0 Å². The van der Waals surface area contributed by atoms with Crippen molar-refractivity contribution in [3.05, 3.63) is 71.8 Å². The highest BCUT2D eigenvalue weighted by atomic mass is 16.5. The van der Waals surface area contributed by atoms with Crippen molar-refractivity contribution in [1.82, 2.24) is 0 Å². The highest BCUT2D eigenvalue weighted by Gasteiger charge is 2.32. The van der Waals surface area contributed by atoms with Crippen molar-refractivity contribution in [2.24, 2.45) is 5.41 Å². The number of benzene rings is 1. The fraction of sp³-hybridized carbons (Fsp3) is 0.222. The standard InChI is InChI=1S/C18H18O4/c1-18(11-9-14(10-12-18)7-8-16(19)20)17(21)22-13-15-5-3-2-4-6-15/h2-11H,12-13H2,1H3,(H,19,20). The molecule has 1 aromatic rings. The van der Waals surface area contributed by atoms with Gasteiger partial charge in [-0.3, -0.25) is 4.79 Å². The van der Waals surface area contributed by atoms with Crippen molar-refractivity contribution >= 4 is 11.9 Å². The van der Waals surface area contributed by atoms with Gasteiger partial charge in [0.25, 0.3) is 0 Å². The van der Waals surface area contributed by atoms with Crippen LogP contribution in [0.15, 0.2) is 66.3 Å². The van der Waals surface area contributed by atoms with Crippen LogP contribution in [0.25, 0.3) is 0 Å². The van der Waals surface area contributed by atoms with Gasteiger partial charge in [0.2, 0.25) is 0 Å². The number of rotatable bonds is 5. The van der Waals surface area contributed by atoms with Crippen LogP contribution in [0.4, 0.5) is 0 Å². The maximum absolute atomic E-state index is 12.3. The van der Waals surface area contributed by atoms with Gasteiger partial charge in [0.15, 0.2) is 0 Å². The van der Waals surface area contributed by atoms with Crippen LogP contribution in [0.2, 0.25) is 0 Å². The molecule has 0 spiro atoms. The van der Waals surface area contributed by atoms with Gasteiger partial charge in [0.1, 0.15) is 6.61 Å². The maximum atomic E-state index is 12.3. The Morgan fingerprint density at radius 3 is 2.64 bits per heavy atom. The van der Waals surface area contributed by atoms with E-state index in [1.165, 1.54) is 6.08 Å². The van der Waals surface area contributed by atoms with E-state index in [1.807, 2.05) is 43.3 Å². The molecule has 4 heteroatoms. The van der Waals surface area contributed by atoms with Crippen LogP contribution in [0.3, 0.4) is 0 Å². The Morgan fingerprint density at radius 1 is 1.32 bits per heavy atom. The second-order valence-corrected chi connectivity index (χ2v) is 5.39. The molecule has 1 atom stereocenters. The van der Waals surface area contributed by atoms with E-state index < -0.39 is 11.4 Å². The third-order valence-electron chi connectivity index (χ3n) is 3.50. The number of hydrogen-bond acceptors (Lipinski definition) is 3. The molecule has 0 aromatic heterocycles. The summed E-state index contributed by atoms with van der Waals surface area (Å²) in [7, 11) is 0. The molecule has 22 heavy (non-hydrogen) atoms. The first-order valence-electron chi connectivity index (χ1n) is 7.01. The third-order valence-corrected chi connectivity index (χ3v) is 3.50. The number of carbonyl (C=O) groups is 2. The predicted octanol–water partition coefficient (Wildman–Crippen LogP) is 3.26. The molecule has 1 aliphatic rings. The predicted molar refractivity (Wildman–Crippen MR) is 83.0 cm³/mol. The van der Waals surface area contributed by atoms with Gasteiger partial charge < -0.3 is 9.84 Å². The zero-order valence-electron chi connectivity index (χ0n) is 12.4. The van der Waals surface area contributed by atoms with E-state index in [0.717, 1.165) is 17.2 Å². The molecule has 0 radical (unpaired) electrons. The molecular weight excluding hydrogens is 280 g/mol. The van der Waals surface area contributed by atoms with Gasteiger partial charge in [-0.1, -0.05) is 48.6 Å². The van der Waals surface area contributed by atoms with Crippen molar-refractivity contribution in [1.29, 1.82) is 0 Å². The Hall–Kier alpha value is -2.62. The van der Waals surface area contributed by atoms with E-state index in [-0.39, 0.29) is 12.6 Å². The Morgan fingerprint density at radius 2 is 2.05 bits per heavy atom. The van der Waals surface area contributed by atoms with E-state index in [0.29, 0.717) is 6.42 Å². The Bertz CT molecular complexity index is 640. The van der Waals surface area contributed by atoms with Crippen LogP contribution in [-0.4, -0.2) is 17.0 Å². The first kappa shape index (κ1) is 15.8. The van der Waals surface area contributed by atoms with Crippen LogP contribution in [0, 0.1) is 5.41 Å². The van der Waals surface area contributed by atoms with Gasteiger partial charge in [0.05, 0.1) is 5.41 Å². The maximum Gasteiger partial charge on any atom is 0.328 e. The van der Waals surface area contributed by atoms with Gasteiger partial charge in [-0.15, -0.1) is 0 Å². The van der Waals surface area contributed by atoms with E-state index in [1.54, 1.807) is 12.2 Å². The lowest BCUT2D eigenvalue weighted by Crippen LogP contribution is -2.28. The topological polar surface area (TPSA) is 63.6 Å². The summed E-state index contributed by atoms with van der Waals surface area (Å²) in [5.74, 6) is -1.28. The number of esters is 1. The Balaban J connectivity index is 1.94. The average Bonchev–Trinajstić information content (AvgIpc) is 2.53. The smallest absolute Gasteiger partial charge is 0.328 e. The second kappa shape index (κ2) is 6.89. The number of allylic oxidation sites excluding steroid dienone is 4. The average molecular weight is 298 g/mol. The molecule has 0 heterocycles. The molecule has 0 fully saturated rings. The molecule has 1 aromatic carbocycles. The molecule has 114 valence electrons. The van der Waals surface area contributed by atoms with E-state index in [4.69, 9.17) is 9.84 Å². The molecule has 2 rings (SSSR count). The van der Waals surface area contributed by atoms with E-state index >= 15 is 0 Å². The lowest BCUT2D eigenvalue weighted by atomic mass is 9.82. The Labute approximate surface area is 129 Å². The summed E-state index contributed by atoms with van der Waals surface area (Å²) < 4.78 is 5.37. The lowest BCUT2D eigenvalue weighted by Gasteiger charge is -2.25. The lowest BCUT2D eigenvalue weighted by molar-refractivity contribution is -0.153. The third kappa shape index (κ3) is 4.19. The van der Waals surface area contributed by atoms with Crippen molar-refractivity contribution in [3.8, 4) is 0 Å². The molecular formula is C18H18O4. The monoisotopic (exact) mass is 298 g/mol. The second-order valence-electron chi connectivity index (χ2n) is 5.39. The summed E-state index contributed by atoms with van der Waals surface area (Å²) >= 11 is 0. The first-order chi connectivity index (χ1) is 10.5. The molecule has 1 unspecified atom stereocenters. The summed E-state index contributed by atoms with van der Waals surface area (Å²) in [6.45, 7) is 2.06. The SMILES string of the molecule is CC1(C(=O)OCc2ccccc2)C=CC(C=CC(=O)O)=CC1. The molecule has 0 saturated heterocycles. The molecule has 4 nitrogen and oxygen atoms in total. The summed E-state index contributed by atoms with van der Waals surface area (Å²) in [6.07, 6.45) is 8.41. The summed E-state index contributed by atoms with van der Waals surface area (Å²) in [5.41, 5.74) is 1.01. The molecule has 1 N–H and O–H groups in total. The number of hydrogen-bond donors (Lipinski definition) is 1. The highest BCUT2D eigenvalue weighted by molar-refractivity contribution is 5.81. The minimum Gasteiger partial charge on any atom is -0.478 e. The number of carboxylic acids is 1. The molecule has 1 aliphatic carbocycles. The fourth-order valence-corrected chi connectivity index (χ4v) is 2.08. The van der Waals surface area contributed by atoms with Crippen LogP contribution in [0.5, 0.6) is 0 Å². The summed E-state index contributed by atoms with van der Waals surface area (Å²) in [5, 5.41) is 8.60. The van der Waals surface area contributed by atoms with Gasteiger partial charge >= 0.3 is 11.9 Å². The number of ether oxygens (including phenoxy) is 1. The quantitative estimate of drug-likeness (QED) is 0.669. The Kier molecular flexibility index (Phi) is 4.94. The van der Waals surface area contributed by atoms with Gasteiger partial charge in [-0.2, -0.15) is 0 Å². The van der Waals surface area contributed by atoms with Crippen molar-refractivity contribution in [2.75, 3.05) is 0 Å². The molecule has 0 aliphatic heterocycles. The zero-order chi connectivity index (χ0) is 16.0. The minimum atomic E-state index is -0.995.